The average molecular weight is 452 g/mol. The molecule has 1 fully saturated rings. The number of benzene rings is 1. The number of hydrogen-bond acceptors (Lipinski definition) is 5. The zero-order valence-corrected chi connectivity index (χ0v) is 19.2. The van der Waals surface area contributed by atoms with Crippen LogP contribution in [-0.2, 0) is 12.5 Å². The second-order valence-electron chi connectivity index (χ2n) is 9.02. The Morgan fingerprint density at radius 1 is 1.41 bits per heavy atom. The van der Waals surface area contributed by atoms with Crippen molar-refractivity contribution in [3.05, 3.63) is 77.6 Å². The van der Waals surface area contributed by atoms with Gasteiger partial charge in [0.25, 0.3) is 5.91 Å². The number of pyridine rings is 1. The molecule has 34 heavy (non-hydrogen) atoms. The Bertz CT molecular complexity index is 1450. The zero-order valence-electron chi connectivity index (χ0n) is 19.2. The topological polar surface area (TPSA) is 112 Å². The molecular formula is C26H25N7O. The molecule has 0 unspecified atom stereocenters. The molecule has 1 aromatic carbocycles. The molecule has 1 amide bonds. The molecule has 0 saturated heterocycles. The highest BCUT2D eigenvalue weighted by Crippen LogP contribution is 2.53. The van der Waals surface area contributed by atoms with Crippen molar-refractivity contribution in [2.75, 3.05) is 5.32 Å². The lowest BCUT2D eigenvalue weighted by molar-refractivity contribution is 0.102. The van der Waals surface area contributed by atoms with Crippen LogP contribution in [0.1, 0.15) is 52.3 Å². The lowest BCUT2D eigenvalue weighted by atomic mass is 9.57. The van der Waals surface area contributed by atoms with Gasteiger partial charge in [-0.1, -0.05) is 24.8 Å². The van der Waals surface area contributed by atoms with Crippen molar-refractivity contribution in [3.63, 3.8) is 0 Å². The second kappa shape index (κ2) is 8.27. The SMILES string of the molecule is C=Cc1cc(C(=O)Nc2cccc(C3(c4nncn4C)CC(CC#N)C3)c2)nc2c(C)c[nH]c12. The normalized spacial score (nSPS) is 19.4. The molecule has 5 rings (SSSR count). The van der Waals surface area contributed by atoms with Crippen LogP contribution < -0.4 is 5.32 Å². The van der Waals surface area contributed by atoms with Gasteiger partial charge in [-0.15, -0.1) is 10.2 Å². The van der Waals surface area contributed by atoms with Gasteiger partial charge >= 0.3 is 0 Å². The van der Waals surface area contributed by atoms with E-state index in [0.29, 0.717) is 23.7 Å². The zero-order chi connectivity index (χ0) is 23.9. The van der Waals surface area contributed by atoms with Crippen LogP contribution >= 0.6 is 0 Å². The number of amides is 1. The number of nitrogens with one attached hydrogen (secondary N) is 2. The van der Waals surface area contributed by atoms with Crippen LogP contribution in [0.2, 0.25) is 0 Å². The fourth-order valence-electron chi connectivity index (χ4n) is 5.08. The highest BCUT2D eigenvalue weighted by atomic mass is 16.1. The first-order chi connectivity index (χ1) is 16.4. The van der Waals surface area contributed by atoms with Crippen LogP contribution in [0.5, 0.6) is 0 Å². The van der Waals surface area contributed by atoms with Crippen LogP contribution in [0, 0.1) is 24.2 Å². The second-order valence-corrected chi connectivity index (χ2v) is 9.02. The van der Waals surface area contributed by atoms with Crippen LogP contribution in [0.3, 0.4) is 0 Å². The van der Waals surface area contributed by atoms with Crippen molar-refractivity contribution in [3.8, 4) is 6.07 Å². The monoisotopic (exact) mass is 451 g/mol. The molecule has 8 heteroatoms. The van der Waals surface area contributed by atoms with Gasteiger partial charge in [0.15, 0.2) is 0 Å². The van der Waals surface area contributed by atoms with Crippen LogP contribution in [0.25, 0.3) is 17.1 Å². The van der Waals surface area contributed by atoms with Gasteiger partial charge in [0.05, 0.1) is 22.5 Å². The molecule has 0 bridgehead atoms. The molecule has 0 spiro atoms. The van der Waals surface area contributed by atoms with Gasteiger partial charge in [-0.05, 0) is 55.0 Å². The molecule has 170 valence electrons. The minimum atomic E-state index is -0.330. The summed E-state index contributed by atoms with van der Waals surface area (Å²) in [6.45, 7) is 5.82. The highest BCUT2D eigenvalue weighted by Gasteiger charge is 2.49. The lowest BCUT2D eigenvalue weighted by Crippen LogP contribution is -2.44. The molecule has 1 aliphatic carbocycles. The number of nitriles is 1. The Morgan fingerprint density at radius 3 is 2.94 bits per heavy atom. The maximum atomic E-state index is 13.1. The van der Waals surface area contributed by atoms with Gasteiger partial charge in [0.2, 0.25) is 0 Å². The van der Waals surface area contributed by atoms with Gasteiger partial charge in [0, 0.05) is 30.9 Å². The Morgan fingerprint density at radius 2 is 2.24 bits per heavy atom. The summed E-state index contributed by atoms with van der Waals surface area (Å²) >= 11 is 0. The van der Waals surface area contributed by atoms with Crippen molar-refractivity contribution in [2.24, 2.45) is 13.0 Å². The lowest BCUT2D eigenvalue weighted by Gasteiger charge is -2.46. The summed E-state index contributed by atoms with van der Waals surface area (Å²) in [4.78, 5) is 20.9. The number of carbonyl (C=O) groups is 1. The Labute approximate surface area is 197 Å². The smallest absolute Gasteiger partial charge is 0.274 e. The molecule has 0 aliphatic heterocycles. The summed E-state index contributed by atoms with van der Waals surface area (Å²) in [7, 11) is 1.93. The van der Waals surface area contributed by atoms with Crippen molar-refractivity contribution < 1.29 is 4.79 Å². The Hall–Kier alpha value is -4.25. The van der Waals surface area contributed by atoms with Gasteiger partial charge in [0.1, 0.15) is 17.8 Å². The van der Waals surface area contributed by atoms with E-state index < -0.39 is 0 Å². The van der Waals surface area contributed by atoms with Crippen LogP contribution in [-0.4, -0.2) is 30.6 Å². The van der Waals surface area contributed by atoms with E-state index in [9.17, 15) is 4.79 Å². The first-order valence-corrected chi connectivity index (χ1v) is 11.2. The standard InChI is InChI=1S/C26H25N7O/c1-4-18-10-21(31-22-16(2)14-28-23(18)22)24(34)30-20-7-5-6-19(11-20)26(12-17(13-26)8-9-27)25-32-29-15-33(25)3/h4-7,10-11,14-15,17,28H,1,8,12-13H2,2-3H3,(H,30,34). The van der Waals surface area contributed by atoms with E-state index in [0.717, 1.165) is 46.4 Å². The fourth-order valence-corrected chi connectivity index (χ4v) is 5.08. The van der Waals surface area contributed by atoms with Crippen LogP contribution in [0.4, 0.5) is 5.69 Å². The summed E-state index contributed by atoms with van der Waals surface area (Å²) in [6, 6.07) is 11.9. The first-order valence-electron chi connectivity index (χ1n) is 11.2. The number of nitrogens with zero attached hydrogens (tertiary/aromatic N) is 5. The minimum absolute atomic E-state index is 0.286. The maximum absolute atomic E-state index is 13.1. The quantitative estimate of drug-likeness (QED) is 0.448. The third-order valence-corrected chi connectivity index (χ3v) is 6.78. The number of aryl methyl sites for hydroxylation is 2. The largest absolute Gasteiger partial charge is 0.359 e. The van der Waals surface area contributed by atoms with Crippen molar-refractivity contribution in [2.45, 2.75) is 31.6 Å². The van der Waals surface area contributed by atoms with Crippen molar-refractivity contribution in [1.29, 1.82) is 5.26 Å². The number of aromatic nitrogens is 5. The number of hydrogen-bond donors (Lipinski definition) is 2. The summed E-state index contributed by atoms with van der Waals surface area (Å²) < 4.78 is 1.93. The predicted molar refractivity (Wildman–Crippen MR) is 130 cm³/mol. The number of H-pyrrole nitrogens is 1. The van der Waals surface area contributed by atoms with Crippen molar-refractivity contribution in [1.82, 2.24) is 24.7 Å². The van der Waals surface area contributed by atoms with E-state index in [4.69, 9.17) is 5.26 Å². The molecule has 4 aromatic rings. The van der Waals surface area contributed by atoms with Gasteiger partial charge in [-0.3, -0.25) is 4.79 Å². The molecule has 0 radical (unpaired) electrons. The Kier molecular flexibility index (Phi) is 5.25. The van der Waals surface area contributed by atoms with Gasteiger partial charge in [-0.25, -0.2) is 4.98 Å². The van der Waals surface area contributed by atoms with E-state index in [2.05, 4.69) is 44.2 Å². The molecule has 3 aromatic heterocycles. The van der Waals surface area contributed by atoms with E-state index in [1.54, 1.807) is 18.5 Å². The van der Waals surface area contributed by atoms with E-state index >= 15 is 0 Å². The van der Waals surface area contributed by atoms with E-state index in [1.807, 2.05) is 42.9 Å². The average Bonchev–Trinajstić information content (AvgIpc) is 3.41. The van der Waals surface area contributed by atoms with Gasteiger partial charge < -0.3 is 14.9 Å². The number of fused-ring (bicyclic) bond motifs is 1. The number of aromatic amines is 1. The van der Waals surface area contributed by atoms with Crippen LogP contribution in [0.15, 0.2) is 49.4 Å². The minimum Gasteiger partial charge on any atom is -0.359 e. The molecule has 1 aliphatic rings. The predicted octanol–water partition coefficient (Wildman–Crippen LogP) is 4.50. The summed E-state index contributed by atoms with van der Waals surface area (Å²) in [5, 5.41) is 20.6. The molecule has 8 nitrogen and oxygen atoms in total. The summed E-state index contributed by atoms with van der Waals surface area (Å²) in [5.41, 5.74) is 5.16. The molecule has 3 heterocycles. The maximum Gasteiger partial charge on any atom is 0.274 e. The highest BCUT2D eigenvalue weighted by molar-refractivity contribution is 6.05. The third kappa shape index (κ3) is 3.46. The molecule has 0 atom stereocenters. The molecular weight excluding hydrogens is 426 g/mol. The number of anilines is 1. The Balaban J connectivity index is 1.46. The first kappa shape index (κ1) is 21.6. The van der Waals surface area contributed by atoms with E-state index in [-0.39, 0.29) is 11.3 Å². The third-order valence-electron chi connectivity index (χ3n) is 6.78. The number of carbonyl (C=O) groups excluding carboxylic acids is 1. The molecule has 1 saturated carbocycles. The summed E-state index contributed by atoms with van der Waals surface area (Å²) in [5.74, 6) is 0.903. The number of rotatable bonds is 6. The van der Waals surface area contributed by atoms with E-state index in [1.165, 1.54) is 0 Å². The van der Waals surface area contributed by atoms with Crippen molar-refractivity contribution >= 4 is 28.7 Å². The molecule has 2 N–H and O–H groups in total. The summed E-state index contributed by atoms with van der Waals surface area (Å²) in [6.07, 6.45) is 7.45. The fraction of sp³-hybridized carbons (Fsp3) is 0.269. The van der Waals surface area contributed by atoms with Gasteiger partial charge in [-0.2, -0.15) is 5.26 Å².